The van der Waals surface area contributed by atoms with Crippen molar-refractivity contribution < 1.29 is 9.53 Å². The average Bonchev–Trinajstić information content (AvgIpc) is 2.84. The van der Waals surface area contributed by atoms with E-state index in [1.807, 2.05) is 31.2 Å². The minimum absolute atomic E-state index is 0.235. The van der Waals surface area contributed by atoms with Crippen LogP contribution in [0.5, 0.6) is 0 Å². The number of carbonyl (C=O) groups is 1. The van der Waals surface area contributed by atoms with E-state index in [0.717, 1.165) is 18.0 Å². The van der Waals surface area contributed by atoms with Crippen molar-refractivity contribution in [1.82, 2.24) is 0 Å². The van der Waals surface area contributed by atoms with E-state index >= 15 is 0 Å². The standard InChI is InChI=1S/C17H21NO2/c1-2-10-20-17(19)12-6-8-14(9-7-12)18-16-11-13-4-3-5-15(13)16/h3,5-9,13,15-16,18H,2,4,10-11H2,1H3. The largest absolute Gasteiger partial charge is 0.462 e. The first-order valence-electron chi connectivity index (χ1n) is 7.48. The van der Waals surface area contributed by atoms with Crippen molar-refractivity contribution in [2.24, 2.45) is 11.8 Å². The molecule has 3 unspecified atom stereocenters. The number of nitrogens with one attached hydrogen (secondary N) is 1. The normalized spacial score (nSPS) is 26.8. The van der Waals surface area contributed by atoms with Gasteiger partial charge in [-0.25, -0.2) is 4.79 Å². The molecule has 3 heteroatoms. The van der Waals surface area contributed by atoms with E-state index in [1.54, 1.807) is 0 Å². The van der Waals surface area contributed by atoms with Gasteiger partial charge in [-0.2, -0.15) is 0 Å². The third kappa shape index (κ3) is 2.58. The van der Waals surface area contributed by atoms with E-state index < -0.39 is 0 Å². The van der Waals surface area contributed by atoms with Crippen LogP contribution in [0.1, 0.15) is 36.5 Å². The maximum atomic E-state index is 11.7. The lowest BCUT2D eigenvalue weighted by molar-refractivity contribution is 0.0505. The molecule has 1 aromatic rings. The fourth-order valence-electron chi connectivity index (χ4n) is 3.08. The summed E-state index contributed by atoms with van der Waals surface area (Å²) in [5.41, 5.74) is 1.71. The molecule has 3 rings (SSSR count). The fraction of sp³-hybridized carbons (Fsp3) is 0.471. The van der Waals surface area contributed by atoms with Crippen LogP contribution < -0.4 is 5.32 Å². The molecule has 0 bridgehead atoms. The van der Waals surface area contributed by atoms with E-state index in [-0.39, 0.29) is 5.97 Å². The molecule has 3 nitrogen and oxygen atoms in total. The summed E-state index contributed by atoms with van der Waals surface area (Å²) in [6, 6.07) is 8.15. The monoisotopic (exact) mass is 271 g/mol. The third-order valence-electron chi connectivity index (χ3n) is 4.27. The molecular formula is C17H21NO2. The van der Waals surface area contributed by atoms with E-state index in [9.17, 15) is 4.79 Å². The van der Waals surface area contributed by atoms with E-state index in [4.69, 9.17) is 4.74 Å². The fourth-order valence-corrected chi connectivity index (χ4v) is 3.08. The quantitative estimate of drug-likeness (QED) is 0.656. The van der Waals surface area contributed by atoms with Crippen LogP contribution in [0, 0.1) is 11.8 Å². The maximum absolute atomic E-state index is 11.7. The highest BCUT2D eigenvalue weighted by atomic mass is 16.5. The van der Waals surface area contributed by atoms with Crippen LogP contribution >= 0.6 is 0 Å². The SMILES string of the molecule is CCCOC(=O)c1ccc(NC2CC3CC=CC32)cc1. The van der Waals surface area contributed by atoms with Gasteiger partial charge in [-0.05, 0) is 49.4 Å². The van der Waals surface area contributed by atoms with Gasteiger partial charge in [0.05, 0.1) is 12.2 Å². The molecule has 3 atom stereocenters. The molecule has 0 saturated heterocycles. The van der Waals surface area contributed by atoms with Gasteiger partial charge in [0.15, 0.2) is 0 Å². The van der Waals surface area contributed by atoms with Crippen LogP contribution in [-0.4, -0.2) is 18.6 Å². The summed E-state index contributed by atoms with van der Waals surface area (Å²) in [5, 5.41) is 3.56. The second-order valence-corrected chi connectivity index (χ2v) is 5.70. The Bertz CT molecular complexity index is 506. The third-order valence-corrected chi connectivity index (χ3v) is 4.27. The second-order valence-electron chi connectivity index (χ2n) is 5.70. The van der Waals surface area contributed by atoms with Crippen molar-refractivity contribution in [3.8, 4) is 0 Å². The maximum Gasteiger partial charge on any atom is 0.338 e. The Balaban J connectivity index is 1.56. The van der Waals surface area contributed by atoms with Crippen molar-refractivity contribution in [1.29, 1.82) is 0 Å². The first-order chi connectivity index (χ1) is 9.78. The minimum atomic E-state index is -0.235. The van der Waals surface area contributed by atoms with E-state index in [1.165, 1.54) is 12.8 Å². The van der Waals surface area contributed by atoms with Gasteiger partial charge in [-0.1, -0.05) is 19.1 Å². The Morgan fingerprint density at radius 3 is 2.85 bits per heavy atom. The van der Waals surface area contributed by atoms with Gasteiger partial charge < -0.3 is 10.1 Å². The first-order valence-corrected chi connectivity index (χ1v) is 7.48. The lowest BCUT2D eigenvalue weighted by Gasteiger charge is -2.41. The minimum Gasteiger partial charge on any atom is -0.462 e. The summed E-state index contributed by atoms with van der Waals surface area (Å²) in [6.07, 6.45) is 7.97. The summed E-state index contributed by atoms with van der Waals surface area (Å²) in [4.78, 5) is 11.7. The molecule has 0 radical (unpaired) electrons. The van der Waals surface area contributed by atoms with E-state index in [2.05, 4.69) is 17.5 Å². The summed E-state index contributed by atoms with van der Waals surface area (Å²) in [5.74, 6) is 1.32. The Morgan fingerprint density at radius 2 is 2.15 bits per heavy atom. The molecule has 2 aliphatic carbocycles. The van der Waals surface area contributed by atoms with Gasteiger partial charge in [0.1, 0.15) is 0 Å². The number of carbonyl (C=O) groups excluding carboxylic acids is 1. The van der Waals surface area contributed by atoms with Gasteiger partial charge in [0, 0.05) is 17.6 Å². The van der Waals surface area contributed by atoms with Crippen LogP contribution in [-0.2, 0) is 4.74 Å². The van der Waals surface area contributed by atoms with E-state index in [0.29, 0.717) is 24.1 Å². The lowest BCUT2D eigenvalue weighted by atomic mass is 9.71. The zero-order valence-electron chi connectivity index (χ0n) is 11.8. The number of allylic oxidation sites excluding steroid dienone is 1. The molecule has 1 aromatic carbocycles. The van der Waals surface area contributed by atoms with Crippen molar-refractivity contribution in [2.75, 3.05) is 11.9 Å². The summed E-state index contributed by atoms with van der Waals surface area (Å²) >= 11 is 0. The zero-order chi connectivity index (χ0) is 13.9. The van der Waals surface area contributed by atoms with Gasteiger partial charge in [-0.15, -0.1) is 0 Å². The number of hydrogen-bond donors (Lipinski definition) is 1. The van der Waals surface area contributed by atoms with Gasteiger partial charge in [0.25, 0.3) is 0 Å². The Hall–Kier alpha value is -1.77. The number of hydrogen-bond acceptors (Lipinski definition) is 3. The number of ether oxygens (including phenoxy) is 1. The predicted octanol–water partition coefficient (Wildman–Crippen LogP) is 3.63. The van der Waals surface area contributed by atoms with Crippen LogP contribution in [0.15, 0.2) is 36.4 Å². The van der Waals surface area contributed by atoms with Crippen molar-refractivity contribution in [3.63, 3.8) is 0 Å². The number of anilines is 1. The van der Waals surface area contributed by atoms with Gasteiger partial charge in [-0.3, -0.25) is 0 Å². The van der Waals surface area contributed by atoms with Crippen LogP contribution in [0.4, 0.5) is 5.69 Å². The number of fused-ring (bicyclic) bond motifs is 1. The summed E-state index contributed by atoms with van der Waals surface area (Å²) in [6.45, 7) is 2.47. The van der Waals surface area contributed by atoms with Gasteiger partial charge in [0.2, 0.25) is 0 Å². The molecular weight excluding hydrogens is 250 g/mol. The number of rotatable bonds is 5. The number of benzene rings is 1. The highest BCUT2D eigenvalue weighted by molar-refractivity contribution is 5.89. The average molecular weight is 271 g/mol. The molecule has 2 aliphatic rings. The molecule has 0 aromatic heterocycles. The first kappa shape index (κ1) is 13.2. The molecule has 0 aliphatic heterocycles. The summed E-state index contributed by atoms with van der Waals surface area (Å²) in [7, 11) is 0. The number of esters is 1. The predicted molar refractivity (Wildman–Crippen MR) is 79.8 cm³/mol. The topological polar surface area (TPSA) is 38.3 Å². The Labute approximate surface area is 120 Å². The molecule has 0 spiro atoms. The smallest absolute Gasteiger partial charge is 0.338 e. The summed E-state index contributed by atoms with van der Waals surface area (Å²) < 4.78 is 5.12. The Morgan fingerprint density at radius 1 is 1.35 bits per heavy atom. The van der Waals surface area contributed by atoms with Crippen LogP contribution in [0.2, 0.25) is 0 Å². The van der Waals surface area contributed by atoms with Crippen molar-refractivity contribution in [2.45, 2.75) is 32.2 Å². The van der Waals surface area contributed by atoms with Crippen molar-refractivity contribution in [3.05, 3.63) is 42.0 Å². The highest BCUT2D eigenvalue weighted by Gasteiger charge is 2.40. The van der Waals surface area contributed by atoms with Crippen LogP contribution in [0.3, 0.4) is 0 Å². The molecule has 106 valence electrons. The molecule has 20 heavy (non-hydrogen) atoms. The van der Waals surface area contributed by atoms with Gasteiger partial charge >= 0.3 is 5.97 Å². The van der Waals surface area contributed by atoms with Crippen molar-refractivity contribution >= 4 is 11.7 Å². The lowest BCUT2D eigenvalue weighted by Crippen LogP contribution is -2.43. The molecule has 1 N–H and O–H groups in total. The molecule has 1 saturated carbocycles. The highest BCUT2D eigenvalue weighted by Crippen LogP contribution is 2.43. The molecule has 0 heterocycles. The second kappa shape index (κ2) is 5.70. The zero-order valence-corrected chi connectivity index (χ0v) is 11.8. The van der Waals surface area contributed by atoms with Crippen LogP contribution in [0.25, 0.3) is 0 Å². The molecule has 0 amide bonds. The molecule has 1 fully saturated rings. The Kier molecular flexibility index (Phi) is 3.77.